The number of hydrogen-bond donors (Lipinski definition) is 1. The molecule has 238 valence electrons. The fraction of sp³-hybridized carbons (Fsp3) is 0.500. The Bertz CT molecular complexity index is 1660. The summed E-state index contributed by atoms with van der Waals surface area (Å²) in [6.45, 7) is 7.05. The summed E-state index contributed by atoms with van der Waals surface area (Å²) in [5.41, 5.74) is 3.12. The van der Waals surface area contributed by atoms with Gasteiger partial charge in [-0.2, -0.15) is 12.7 Å². The second-order valence-corrected chi connectivity index (χ2v) is 14.6. The zero-order chi connectivity index (χ0) is 31.8. The van der Waals surface area contributed by atoms with Gasteiger partial charge in [-0.25, -0.2) is 9.11 Å². The van der Waals surface area contributed by atoms with Gasteiger partial charge < -0.3 is 9.47 Å². The SMILES string of the molecule is CC(C)N1CCN(C(=O)Cn2c(-c3ccc(Cl)c(F)c3)c(C3CCCCC3)c3ccc(C(=O)NS(=O)(=O)N(C)C)cc32)CC1. The van der Waals surface area contributed by atoms with E-state index in [4.69, 9.17) is 11.6 Å². The van der Waals surface area contributed by atoms with Crippen LogP contribution in [-0.4, -0.2) is 85.2 Å². The van der Waals surface area contributed by atoms with Crippen LogP contribution in [0.15, 0.2) is 36.4 Å². The molecule has 0 radical (unpaired) electrons. The molecule has 12 heteroatoms. The lowest BCUT2D eigenvalue weighted by Gasteiger charge is -2.37. The molecular formula is C32H41ClFN5O4S. The van der Waals surface area contributed by atoms with Crippen molar-refractivity contribution in [2.24, 2.45) is 0 Å². The fourth-order valence-electron chi connectivity index (χ4n) is 6.43. The van der Waals surface area contributed by atoms with Crippen LogP contribution in [-0.2, 0) is 21.5 Å². The number of nitrogens with one attached hydrogen (secondary N) is 1. The van der Waals surface area contributed by atoms with Gasteiger partial charge in [0.15, 0.2) is 0 Å². The Kier molecular flexibility index (Phi) is 9.69. The highest BCUT2D eigenvalue weighted by atomic mass is 35.5. The van der Waals surface area contributed by atoms with E-state index >= 15 is 0 Å². The van der Waals surface area contributed by atoms with Crippen molar-refractivity contribution in [3.05, 3.63) is 58.4 Å². The first-order valence-corrected chi connectivity index (χ1v) is 17.1. The van der Waals surface area contributed by atoms with E-state index in [0.29, 0.717) is 30.2 Å². The molecule has 1 aliphatic carbocycles. The van der Waals surface area contributed by atoms with Gasteiger partial charge in [0.2, 0.25) is 5.91 Å². The van der Waals surface area contributed by atoms with E-state index < -0.39 is 21.9 Å². The van der Waals surface area contributed by atoms with Crippen molar-refractivity contribution in [3.8, 4) is 11.3 Å². The van der Waals surface area contributed by atoms with Gasteiger partial charge in [0.1, 0.15) is 12.4 Å². The minimum Gasteiger partial charge on any atom is -0.339 e. The number of nitrogens with zero attached hydrogens (tertiary/aromatic N) is 4. The molecule has 5 rings (SSSR count). The number of rotatable bonds is 8. The van der Waals surface area contributed by atoms with E-state index in [0.717, 1.165) is 66.1 Å². The Morgan fingerprint density at radius 1 is 1.02 bits per heavy atom. The number of carbonyl (C=O) groups is 2. The maximum Gasteiger partial charge on any atom is 0.303 e. The fourth-order valence-corrected chi connectivity index (χ4v) is 7.08. The smallest absolute Gasteiger partial charge is 0.303 e. The monoisotopic (exact) mass is 645 g/mol. The quantitative estimate of drug-likeness (QED) is 0.362. The van der Waals surface area contributed by atoms with Gasteiger partial charge in [0.05, 0.1) is 16.2 Å². The number of piperazine rings is 1. The number of halogens is 2. The topological polar surface area (TPSA) is 95.0 Å². The Balaban J connectivity index is 1.66. The second kappa shape index (κ2) is 13.2. The van der Waals surface area contributed by atoms with Crippen molar-refractivity contribution in [2.45, 2.75) is 64.5 Å². The van der Waals surface area contributed by atoms with Crippen molar-refractivity contribution in [1.82, 2.24) is 23.4 Å². The number of amides is 2. The molecule has 2 aliphatic rings. The van der Waals surface area contributed by atoms with Crippen LogP contribution in [0.4, 0.5) is 4.39 Å². The summed E-state index contributed by atoms with van der Waals surface area (Å²) in [6.07, 6.45) is 5.18. The van der Waals surface area contributed by atoms with Crippen LogP contribution in [0, 0.1) is 5.82 Å². The van der Waals surface area contributed by atoms with Gasteiger partial charge in [-0.3, -0.25) is 14.5 Å². The lowest BCUT2D eigenvalue weighted by atomic mass is 9.81. The highest BCUT2D eigenvalue weighted by molar-refractivity contribution is 7.87. The van der Waals surface area contributed by atoms with Crippen LogP contribution in [0.2, 0.25) is 5.02 Å². The molecule has 1 saturated carbocycles. The van der Waals surface area contributed by atoms with Gasteiger partial charge in [0, 0.05) is 62.8 Å². The van der Waals surface area contributed by atoms with E-state index in [9.17, 15) is 22.4 Å². The van der Waals surface area contributed by atoms with E-state index in [1.165, 1.54) is 26.2 Å². The molecule has 0 bridgehead atoms. The summed E-state index contributed by atoms with van der Waals surface area (Å²) >= 11 is 6.08. The molecule has 2 amide bonds. The third kappa shape index (κ3) is 6.66. The lowest BCUT2D eigenvalue weighted by Crippen LogP contribution is -2.51. The van der Waals surface area contributed by atoms with Crippen molar-refractivity contribution >= 4 is 44.5 Å². The van der Waals surface area contributed by atoms with Crippen LogP contribution in [0.25, 0.3) is 22.2 Å². The summed E-state index contributed by atoms with van der Waals surface area (Å²) in [5.74, 6) is -1.22. The predicted molar refractivity (Wildman–Crippen MR) is 172 cm³/mol. The van der Waals surface area contributed by atoms with Crippen LogP contribution < -0.4 is 4.72 Å². The maximum absolute atomic E-state index is 14.9. The van der Waals surface area contributed by atoms with E-state index in [2.05, 4.69) is 23.5 Å². The van der Waals surface area contributed by atoms with Crippen molar-refractivity contribution < 1.29 is 22.4 Å². The Hall–Kier alpha value is -2.99. The Morgan fingerprint density at radius 3 is 2.32 bits per heavy atom. The average Bonchev–Trinajstić information content (AvgIpc) is 3.31. The molecule has 3 aromatic rings. The molecule has 1 aliphatic heterocycles. The first-order valence-electron chi connectivity index (χ1n) is 15.3. The van der Waals surface area contributed by atoms with Crippen LogP contribution in [0.3, 0.4) is 0 Å². The van der Waals surface area contributed by atoms with Gasteiger partial charge >= 0.3 is 10.2 Å². The summed E-state index contributed by atoms with van der Waals surface area (Å²) < 4.78 is 44.7. The molecule has 44 heavy (non-hydrogen) atoms. The average molecular weight is 646 g/mol. The van der Waals surface area contributed by atoms with Crippen LogP contribution >= 0.6 is 11.6 Å². The first-order chi connectivity index (χ1) is 20.9. The summed E-state index contributed by atoms with van der Waals surface area (Å²) in [6, 6.07) is 10.2. The van der Waals surface area contributed by atoms with Crippen LogP contribution in [0.1, 0.15) is 67.8 Å². The number of benzene rings is 2. The van der Waals surface area contributed by atoms with E-state index in [1.54, 1.807) is 18.2 Å². The van der Waals surface area contributed by atoms with Gasteiger partial charge in [0.25, 0.3) is 5.91 Å². The third-order valence-electron chi connectivity index (χ3n) is 8.97. The summed E-state index contributed by atoms with van der Waals surface area (Å²) in [4.78, 5) is 31.2. The molecule has 0 spiro atoms. The third-order valence-corrected chi connectivity index (χ3v) is 10.7. The zero-order valence-electron chi connectivity index (χ0n) is 25.8. The van der Waals surface area contributed by atoms with Crippen molar-refractivity contribution in [2.75, 3.05) is 40.3 Å². The first kappa shape index (κ1) is 32.4. The normalized spacial score (nSPS) is 17.1. The molecule has 2 fully saturated rings. The molecule has 9 nitrogen and oxygen atoms in total. The Morgan fingerprint density at radius 2 is 1.70 bits per heavy atom. The number of carbonyl (C=O) groups excluding carboxylic acids is 2. The Labute approximate surface area is 264 Å². The highest BCUT2D eigenvalue weighted by Gasteiger charge is 2.30. The number of aromatic nitrogens is 1. The maximum atomic E-state index is 14.9. The number of hydrogen-bond acceptors (Lipinski definition) is 5. The zero-order valence-corrected chi connectivity index (χ0v) is 27.3. The minimum atomic E-state index is -4.02. The molecule has 2 heterocycles. The lowest BCUT2D eigenvalue weighted by molar-refractivity contribution is -0.133. The summed E-state index contributed by atoms with van der Waals surface area (Å²) in [5, 5.41) is 0.877. The predicted octanol–water partition coefficient (Wildman–Crippen LogP) is 5.24. The largest absolute Gasteiger partial charge is 0.339 e. The highest BCUT2D eigenvalue weighted by Crippen LogP contribution is 2.44. The van der Waals surface area contributed by atoms with E-state index in [-0.39, 0.29) is 29.0 Å². The summed E-state index contributed by atoms with van der Waals surface area (Å²) in [7, 11) is -1.34. The van der Waals surface area contributed by atoms with Gasteiger partial charge in [-0.15, -0.1) is 0 Å². The van der Waals surface area contributed by atoms with Crippen molar-refractivity contribution in [1.29, 1.82) is 0 Å². The molecule has 1 aromatic heterocycles. The molecule has 0 atom stereocenters. The molecule has 1 N–H and O–H groups in total. The standard InChI is InChI=1S/C32H41ClFN5O4S/c1-21(2)37-14-16-38(17-15-37)29(40)20-39-28-19-24(32(41)35-44(42,43)36(3)4)10-12-25(28)30(22-8-6-5-7-9-22)31(39)23-11-13-26(33)27(34)18-23/h10-13,18-19,21-22H,5-9,14-17,20H2,1-4H3,(H,35,41). The minimum absolute atomic E-state index is 0.00839. The van der Waals surface area contributed by atoms with Gasteiger partial charge in [-0.1, -0.05) is 43.0 Å². The number of fused-ring (bicyclic) bond motifs is 1. The van der Waals surface area contributed by atoms with Crippen LogP contribution in [0.5, 0.6) is 0 Å². The molecule has 1 saturated heterocycles. The molecule has 0 unspecified atom stereocenters. The van der Waals surface area contributed by atoms with E-state index in [1.807, 2.05) is 15.5 Å². The van der Waals surface area contributed by atoms with Crippen molar-refractivity contribution in [3.63, 3.8) is 0 Å². The molecular weight excluding hydrogens is 605 g/mol. The second-order valence-electron chi connectivity index (χ2n) is 12.3. The van der Waals surface area contributed by atoms with Gasteiger partial charge in [-0.05, 0) is 62.4 Å². The molecule has 2 aromatic carbocycles.